The topological polar surface area (TPSA) is 126 Å². The molecule has 10 heteroatoms. The highest BCUT2D eigenvalue weighted by molar-refractivity contribution is 7.86. The number of unbranched alkanes of at least 4 members (excludes halogenated alkanes) is 7. The van der Waals surface area contributed by atoms with E-state index in [2.05, 4.69) is 16.9 Å². The monoisotopic (exact) mass is 418 g/mol. The third kappa shape index (κ3) is 6.27. The number of hydrogen-bond donors (Lipinski definition) is 2. The van der Waals surface area contributed by atoms with E-state index in [1.54, 1.807) is 0 Å². The number of benzene rings is 1. The van der Waals surface area contributed by atoms with Crippen LogP contribution in [0.15, 0.2) is 28.3 Å². The van der Waals surface area contributed by atoms with Crippen molar-refractivity contribution in [1.82, 2.24) is 9.97 Å². The maximum Gasteiger partial charge on any atom is 0.331 e. The molecule has 0 saturated heterocycles. The maximum atomic E-state index is 12.2. The van der Waals surface area contributed by atoms with Gasteiger partial charge < -0.3 is 4.98 Å². The second-order valence-corrected chi connectivity index (χ2v) is 9.34. The van der Waals surface area contributed by atoms with E-state index >= 15 is 0 Å². The summed E-state index contributed by atoms with van der Waals surface area (Å²) in [6.07, 6.45) is 8.56. The molecular formula is C17H26N2O6S2. The van der Waals surface area contributed by atoms with Crippen LogP contribution in [-0.2, 0) is 24.4 Å². The molecule has 0 aliphatic carbocycles. The predicted octanol–water partition coefficient (Wildman–Crippen LogP) is 3.66. The van der Waals surface area contributed by atoms with Crippen molar-refractivity contribution >= 4 is 31.3 Å². The fourth-order valence-corrected chi connectivity index (χ4v) is 4.31. The van der Waals surface area contributed by atoms with Crippen LogP contribution < -0.4 is 0 Å². The van der Waals surface area contributed by atoms with E-state index in [4.69, 9.17) is 4.18 Å². The molecule has 2 N–H and O–H groups in total. The number of aromatic amines is 1. The number of aromatic nitrogens is 2. The van der Waals surface area contributed by atoms with Crippen LogP contribution >= 0.6 is 0 Å². The van der Waals surface area contributed by atoms with Crippen molar-refractivity contribution in [3.8, 4) is 0 Å². The Morgan fingerprint density at radius 1 is 1.00 bits per heavy atom. The van der Waals surface area contributed by atoms with E-state index in [9.17, 15) is 21.4 Å². The maximum absolute atomic E-state index is 12.2. The Morgan fingerprint density at radius 3 is 2.26 bits per heavy atom. The van der Waals surface area contributed by atoms with E-state index in [1.165, 1.54) is 37.8 Å². The van der Waals surface area contributed by atoms with Crippen molar-refractivity contribution in [2.24, 2.45) is 0 Å². The minimum Gasteiger partial charge on any atom is -0.327 e. The number of nitrogens with one attached hydrogen (secondary N) is 1. The molecule has 2 aromatic rings. The molecule has 0 unspecified atom stereocenters. The number of rotatable bonds is 12. The third-order valence-corrected chi connectivity index (χ3v) is 6.23. The summed E-state index contributed by atoms with van der Waals surface area (Å²) in [4.78, 5) is 5.87. The van der Waals surface area contributed by atoms with Crippen molar-refractivity contribution < 1.29 is 25.6 Å². The van der Waals surface area contributed by atoms with Gasteiger partial charge in [-0.15, -0.1) is 0 Å². The molecule has 2 rings (SSSR count). The summed E-state index contributed by atoms with van der Waals surface area (Å²) in [5, 5.41) is -0.479. The molecule has 0 aliphatic rings. The Labute approximate surface area is 160 Å². The fourth-order valence-electron chi connectivity index (χ4n) is 2.77. The van der Waals surface area contributed by atoms with Crippen LogP contribution in [0, 0.1) is 0 Å². The number of imidazole rings is 1. The molecule has 0 atom stereocenters. The summed E-state index contributed by atoms with van der Waals surface area (Å²) >= 11 is 0. The smallest absolute Gasteiger partial charge is 0.327 e. The zero-order valence-electron chi connectivity index (χ0n) is 15.3. The van der Waals surface area contributed by atoms with Gasteiger partial charge in [-0.05, 0) is 18.6 Å². The summed E-state index contributed by atoms with van der Waals surface area (Å²) in [5.41, 5.74) is 0.0358. The van der Waals surface area contributed by atoms with Gasteiger partial charge in [0.05, 0.1) is 12.1 Å². The van der Waals surface area contributed by atoms with Gasteiger partial charge in [0.1, 0.15) is 10.4 Å². The van der Waals surface area contributed by atoms with Gasteiger partial charge in [0, 0.05) is 0 Å². The van der Waals surface area contributed by atoms with Gasteiger partial charge in [-0.3, -0.25) is 8.74 Å². The van der Waals surface area contributed by atoms with Gasteiger partial charge in [0.2, 0.25) is 0 Å². The predicted molar refractivity (Wildman–Crippen MR) is 102 cm³/mol. The number of para-hydroxylation sites is 1. The van der Waals surface area contributed by atoms with Crippen molar-refractivity contribution in [3.63, 3.8) is 0 Å². The number of nitrogens with zero attached hydrogens (tertiary/aromatic N) is 1. The van der Waals surface area contributed by atoms with Gasteiger partial charge in [-0.2, -0.15) is 16.8 Å². The molecule has 0 amide bonds. The van der Waals surface area contributed by atoms with E-state index < -0.39 is 30.3 Å². The highest BCUT2D eigenvalue weighted by Crippen LogP contribution is 2.23. The van der Waals surface area contributed by atoms with Crippen molar-refractivity contribution in [2.75, 3.05) is 6.61 Å². The van der Waals surface area contributed by atoms with Crippen LogP contribution in [0.4, 0.5) is 0 Å². The van der Waals surface area contributed by atoms with Crippen LogP contribution in [-0.4, -0.2) is 38.0 Å². The van der Waals surface area contributed by atoms with Gasteiger partial charge >= 0.3 is 10.1 Å². The molecule has 0 saturated carbocycles. The molecule has 1 aromatic carbocycles. The zero-order valence-corrected chi connectivity index (χ0v) is 17.0. The summed E-state index contributed by atoms with van der Waals surface area (Å²) in [6, 6.07) is 3.99. The van der Waals surface area contributed by atoms with Gasteiger partial charge in [0.25, 0.3) is 15.3 Å². The fraction of sp³-hybridized carbons (Fsp3) is 0.588. The Morgan fingerprint density at radius 2 is 1.63 bits per heavy atom. The highest BCUT2D eigenvalue weighted by Gasteiger charge is 2.23. The van der Waals surface area contributed by atoms with E-state index in [0.29, 0.717) is 6.42 Å². The molecule has 1 aromatic heterocycles. The van der Waals surface area contributed by atoms with Crippen molar-refractivity contribution in [2.45, 2.75) is 68.3 Å². The first-order valence-corrected chi connectivity index (χ1v) is 12.0. The zero-order chi connectivity index (χ0) is 19.9. The third-order valence-electron chi connectivity index (χ3n) is 4.21. The lowest BCUT2D eigenvalue weighted by molar-refractivity contribution is 0.303. The minimum absolute atomic E-state index is 0.0412. The van der Waals surface area contributed by atoms with Gasteiger partial charge in [-0.1, -0.05) is 57.9 Å². The Balaban J connectivity index is 1.92. The van der Waals surface area contributed by atoms with E-state index in [1.807, 2.05) is 0 Å². The second-order valence-electron chi connectivity index (χ2n) is 6.42. The molecule has 1 heterocycles. The van der Waals surface area contributed by atoms with Gasteiger partial charge in [-0.25, -0.2) is 4.98 Å². The first-order valence-electron chi connectivity index (χ1n) is 9.11. The normalized spacial score (nSPS) is 12.7. The molecule has 8 nitrogen and oxygen atoms in total. The highest BCUT2D eigenvalue weighted by atomic mass is 32.2. The van der Waals surface area contributed by atoms with Crippen LogP contribution in [0.2, 0.25) is 0 Å². The second kappa shape index (κ2) is 9.63. The summed E-state index contributed by atoms with van der Waals surface area (Å²) in [7, 11) is -8.65. The van der Waals surface area contributed by atoms with E-state index in [0.717, 1.165) is 25.3 Å². The quantitative estimate of drug-likeness (QED) is 0.306. The standard InChI is InChI=1S/C17H26N2O6S2/c1-2-3-4-5-6-7-8-9-13-25-27(23,24)17-18-14-11-10-12-15(16(14)19-17)26(20,21)22/h10-12H,2-9,13H2,1H3,(H,18,19)(H,20,21,22). The average Bonchev–Trinajstić information content (AvgIpc) is 3.04. The number of fused-ring (bicyclic) bond motifs is 1. The molecule has 152 valence electrons. The molecular weight excluding hydrogens is 392 g/mol. The minimum atomic E-state index is -4.52. The lowest BCUT2D eigenvalue weighted by atomic mass is 10.1. The van der Waals surface area contributed by atoms with Crippen LogP contribution in [0.1, 0.15) is 58.3 Å². The van der Waals surface area contributed by atoms with Crippen LogP contribution in [0.5, 0.6) is 0 Å². The summed E-state index contributed by atoms with van der Waals surface area (Å²) in [5.74, 6) is 0. The largest absolute Gasteiger partial charge is 0.331 e. The molecule has 27 heavy (non-hydrogen) atoms. The van der Waals surface area contributed by atoms with Crippen LogP contribution in [0.3, 0.4) is 0 Å². The molecule has 0 aliphatic heterocycles. The molecule has 0 bridgehead atoms. The Hall–Kier alpha value is -1.49. The average molecular weight is 419 g/mol. The van der Waals surface area contributed by atoms with Crippen molar-refractivity contribution in [3.05, 3.63) is 18.2 Å². The van der Waals surface area contributed by atoms with Crippen molar-refractivity contribution in [1.29, 1.82) is 0 Å². The lowest BCUT2D eigenvalue weighted by Gasteiger charge is -2.03. The molecule has 0 radical (unpaired) electrons. The number of H-pyrrole nitrogens is 1. The first kappa shape index (κ1) is 21.8. The summed E-state index contributed by atoms with van der Waals surface area (Å²) < 4.78 is 61.5. The molecule has 0 fully saturated rings. The Bertz CT molecular complexity index is 951. The van der Waals surface area contributed by atoms with E-state index in [-0.39, 0.29) is 17.6 Å². The SMILES string of the molecule is CCCCCCCCCCOS(=O)(=O)c1nc2c(S(=O)(=O)O)cccc2[nH]1. The summed E-state index contributed by atoms with van der Waals surface area (Å²) in [6.45, 7) is 2.21. The first-order chi connectivity index (χ1) is 12.8. The lowest BCUT2D eigenvalue weighted by Crippen LogP contribution is -2.09. The Kier molecular flexibility index (Phi) is 7.78. The van der Waals surface area contributed by atoms with Crippen LogP contribution in [0.25, 0.3) is 11.0 Å². The number of hydrogen-bond acceptors (Lipinski definition) is 6. The van der Waals surface area contributed by atoms with Gasteiger partial charge in [0.15, 0.2) is 0 Å². The molecule has 0 spiro atoms.